The first-order valence-corrected chi connectivity index (χ1v) is 14.7. The molecule has 2 saturated heterocycles. The van der Waals surface area contributed by atoms with Crippen LogP contribution in [-0.4, -0.2) is 49.3 Å². The maximum Gasteiger partial charge on any atom is 0.307 e. The Morgan fingerprint density at radius 1 is 1.06 bits per heavy atom. The second-order valence-corrected chi connectivity index (χ2v) is 13.5. The molecule has 4 rings (SSSR count). The van der Waals surface area contributed by atoms with Gasteiger partial charge in [0, 0.05) is 27.8 Å². The van der Waals surface area contributed by atoms with E-state index < -0.39 is 33.3 Å². The zero-order valence-corrected chi connectivity index (χ0v) is 22.9. The number of rotatable bonds is 7. The molecule has 36 heavy (non-hydrogen) atoms. The molecule has 1 amide bonds. The number of benzene rings is 2. The van der Waals surface area contributed by atoms with Crippen LogP contribution in [0.5, 0.6) is 0 Å². The molecule has 2 aromatic carbocycles. The fourth-order valence-electron chi connectivity index (χ4n) is 5.50. The molecule has 2 aliphatic rings. The number of carbonyl (C=O) groups excluding carboxylic acids is 2. The monoisotopic (exact) mass is 551 g/mol. The molecular formula is C27H31Cl2NO5S. The van der Waals surface area contributed by atoms with Crippen molar-refractivity contribution in [3.05, 3.63) is 69.7 Å². The fourth-order valence-corrected chi connectivity index (χ4v) is 7.12. The molecule has 2 heterocycles. The second kappa shape index (κ2) is 10.3. The molecule has 6 nitrogen and oxygen atoms in total. The predicted molar refractivity (Wildman–Crippen MR) is 141 cm³/mol. The quantitative estimate of drug-likeness (QED) is 0.428. The van der Waals surface area contributed by atoms with Crippen molar-refractivity contribution in [2.75, 3.05) is 18.1 Å². The highest BCUT2D eigenvalue weighted by atomic mass is 35.5. The van der Waals surface area contributed by atoms with Crippen molar-refractivity contribution >= 4 is 44.9 Å². The third kappa shape index (κ3) is 5.29. The van der Waals surface area contributed by atoms with E-state index in [4.69, 9.17) is 27.9 Å². The topological polar surface area (TPSA) is 80.8 Å². The van der Waals surface area contributed by atoms with E-state index in [-0.39, 0.29) is 42.3 Å². The number of ether oxygens (including phenoxy) is 1. The van der Waals surface area contributed by atoms with Gasteiger partial charge in [0.25, 0.3) is 0 Å². The molecule has 4 atom stereocenters. The lowest BCUT2D eigenvalue weighted by Gasteiger charge is -2.52. The Balaban J connectivity index is 1.95. The summed E-state index contributed by atoms with van der Waals surface area (Å²) in [5.41, 5.74) is 0.702. The summed E-state index contributed by atoms with van der Waals surface area (Å²) >= 11 is 12.6. The van der Waals surface area contributed by atoms with Crippen LogP contribution in [0.4, 0.5) is 0 Å². The molecule has 4 unspecified atom stereocenters. The van der Waals surface area contributed by atoms with Crippen LogP contribution in [-0.2, 0) is 24.2 Å². The molecule has 0 bridgehead atoms. The van der Waals surface area contributed by atoms with Gasteiger partial charge in [-0.3, -0.25) is 9.59 Å². The molecule has 1 spiro atoms. The molecule has 2 aliphatic heterocycles. The molecule has 194 valence electrons. The molecular weight excluding hydrogens is 521 g/mol. The Morgan fingerprint density at radius 3 is 2.31 bits per heavy atom. The van der Waals surface area contributed by atoms with Crippen LogP contribution in [0, 0.1) is 11.3 Å². The number of sulfone groups is 1. The van der Waals surface area contributed by atoms with Gasteiger partial charge in [0.2, 0.25) is 5.91 Å². The molecule has 0 N–H and O–H groups in total. The Bertz CT molecular complexity index is 1250. The molecule has 0 saturated carbocycles. The van der Waals surface area contributed by atoms with Crippen LogP contribution >= 0.6 is 23.2 Å². The van der Waals surface area contributed by atoms with Gasteiger partial charge >= 0.3 is 5.97 Å². The van der Waals surface area contributed by atoms with Crippen molar-refractivity contribution < 1.29 is 22.7 Å². The number of likely N-dealkylation sites (tertiary alicyclic amines) is 1. The largest absolute Gasteiger partial charge is 0.464 e. The average Bonchev–Trinajstić information content (AvgIpc) is 3.21. The molecule has 0 aromatic heterocycles. The Hall–Kier alpha value is -2.09. The minimum absolute atomic E-state index is 0.0170. The number of amides is 1. The average molecular weight is 553 g/mol. The second-order valence-electron chi connectivity index (χ2n) is 10.2. The molecule has 2 aromatic rings. The van der Waals surface area contributed by atoms with Gasteiger partial charge in [0.1, 0.15) is 6.61 Å². The summed E-state index contributed by atoms with van der Waals surface area (Å²) in [5.74, 6) is -1.24. The highest BCUT2D eigenvalue weighted by Gasteiger charge is 2.58. The normalized spacial score (nSPS) is 25.4. The van der Waals surface area contributed by atoms with Crippen molar-refractivity contribution in [2.24, 2.45) is 11.3 Å². The maximum atomic E-state index is 14.4. The number of hydrogen-bond acceptors (Lipinski definition) is 5. The molecule has 0 aliphatic carbocycles. The van der Waals surface area contributed by atoms with E-state index >= 15 is 0 Å². The van der Waals surface area contributed by atoms with Crippen molar-refractivity contribution in [2.45, 2.75) is 51.6 Å². The van der Waals surface area contributed by atoms with E-state index in [9.17, 15) is 18.0 Å². The van der Waals surface area contributed by atoms with Gasteiger partial charge in [-0.25, -0.2) is 8.42 Å². The number of cyclic esters (lactones) is 1. The lowest BCUT2D eigenvalue weighted by atomic mass is 9.67. The van der Waals surface area contributed by atoms with Gasteiger partial charge in [0.05, 0.1) is 23.6 Å². The summed E-state index contributed by atoms with van der Waals surface area (Å²) in [5, 5.41) is 1.12. The summed E-state index contributed by atoms with van der Waals surface area (Å²) in [4.78, 5) is 28.4. The first-order valence-electron chi connectivity index (χ1n) is 12.2. The summed E-state index contributed by atoms with van der Waals surface area (Å²) in [6.07, 6.45) is 0.352. The van der Waals surface area contributed by atoms with Gasteiger partial charge in [-0.1, -0.05) is 68.2 Å². The van der Waals surface area contributed by atoms with E-state index in [0.717, 1.165) is 11.1 Å². The lowest BCUT2D eigenvalue weighted by Crippen LogP contribution is -2.59. The van der Waals surface area contributed by atoms with Gasteiger partial charge in [-0.05, 0) is 47.7 Å². The van der Waals surface area contributed by atoms with E-state index in [0.29, 0.717) is 16.5 Å². The van der Waals surface area contributed by atoms with E-state index in [2.05, 4.69) is 0 Å². The SMILES string of the molecule is CCS(=O)(=O)CC(C(C)C)N1C(=O)C2(COC(=O)C2)CC(c2cccc(Cl)c2)C1c1ccc(Cl)cc1. The van der Waals surface area contributed by atoms with Crippen LogP contribution in [0.2, 0.25) is 10.0 Å². The number of carbonyl (C=O) groups is 2. The number of nitrogens with zero attached hydrogens (tertiary/aromatic N) is 1. The van der Waals surface area contributed by atoms with Gasteiger partial charge < -0.3 is 9.64 Å². The lowest BCUT2D eigenvalue weighted by molar-refractivity contribution is -0.156. The minimum atomic E-state index is -3.42. The van der Waals surface area contributed by atoms with Crippen LogP contribution in [0.3, 0.4) is 0 Å². The summed E-state index contributed by atoms with van der Waals surface area (Å²) in [6.45, 7) is 5.44. The highest BCUT2D eigenvalue weighted by Crippen LogP contribution is 2.54. The van der Waals surface area contributed by atoms with Gasteiger partial charge in [0.15, 0.2) is 9.84 Å². The summed E-state index contributed by atoms with van der Waals surface area (Å²) in [7, 11) is -3.42. The van der Waals surface area contributed by atoms with Crippen molar-refractivity contribution in [1.29, 1.82) is 0 Å². The Morgan fingerprint density at radius 2 is 1.75 bits per heavy atom. The van der Waals surface area contributed by atoms with E-state index in [1.54, 1.807) is 30.0 Å². The first-order chi connectivity index (χ1) is 17.0. The van der Waals surface area contributed by atoms with Crippen LogP contribution in [0.1, 0.15) is 56.7 Å². The summed E-state index contributed by atoms with van der Waals surface area (Å²) in [6, 6.07) is 13.7. The van der Waals surface area contributed by atoms with Crippen molar-refractivity contribution in [3.8, 4) is 0 Å². The van der Waals surface area contributed by atoms with E-state index in [1.165, 1.54) is 0 Å². The first kappa shape index (κ1) is 27.0. The molecule has 0 radical (unpaired) electrons. The van der Waals surface area contributed by atoms with Crippen LogP contribution in [0.15, 0.2) is 48.5 Å². The maximum absolute atomic E-state index is 14.4. The number of esters is 1. The number of hydrogen-bond donors (Lipinski definition) is 0. The third-order valence-electron chi connectivity index (χ3n) is 7.45. The minimum Gasteiger partial charge on any atom is -0.464 e. The summed E-state index contributed by atoms with van der Waals surface area (Å²) < 4.78 is 31.1. The molecule has 2 fully saturated rings. The Labute approximate surface area is 222 Å². The number of halogens is 2. The Kier molecular flexibility index (Phi) is 7.75. The fraction of sp³-hybridized carbons (Fsp3) is 0.481. The van der Waals surface area contributed by atoms with Crippen molar-refractivity contribution in [3.63, 3.8) is 0 Å². The predicted octanol–water partition coefficient (Wildman–Crippen LogP) is 5.44. The zero-order chi connectivity index (χ0) is 26.3. The number of piperidine rings is 1. The van der Waals surface area contributed by atoms with E-state index in [1.807, 2.05) is 44.2 Å². The van der Waals surface area contributed by atoms with Crippen LogP contribution in [0.25, 0.3) is 0 Å². The smallest absolute Gasteiger partial charge is 0.307 e. The standard InChI is InChI=1S/C27H31Cl2NO5S/c1-4-36(33,34)15-23(17(2)3)30-25(18-8-10-20(28)11-9-18)22(19-6-5-7-21(29)12-19)13-27(26(30)32)14-24(31)35-16-27/h5-12,17,22-23,25H,4,13-16H2,1-3H3. The van der Waals surface area contributed by atoms with Crippen LogP contribution < -0.4 is 0 Å². The highest BCUT2D eigenvalue weighted by molar-refractivity contribution is 7.91. The zero-order valence-electron chi connectivity index (χ0n) is 20.6. The van der Waals surface area contributed by atoms with Gasteiger partial charge in [-0.2, -0.15) is 0 Å². The molecule has 9 heteroatoms. The van der Waals surface area contributed by atoms with Crippen molar-refractivity contribution in [1.82, 2.24) is 4.90 Å². The third-order valence-corrected chi connectivity index (χ3v) is 9.67. The van der Waals surface area contributed by atoms with Gasteiger partial charge in [-0.15, -0.1) is 0 Å².